The second-order valence-electron chi connectivity index (χ2n) is 5.92. The highest BCUT2D eigenvalue weighted by Crippen LogP contribution is 2.38. The Hall–Kier alpha value is -2.94. The number of anilines is 1. The van der Waals surface area contributed by atoms with Crippen LogP contribution in [0.5, 0.6) is 11.5 Å². The van der Waals surface area contributed by atoms with Crippen LogP contribution in [0.2, 0.25) is 5.02 Å². The molecule has 0 bridgehead atoms. The second-order valence-corrected chi connectivity index (χ2v) is 6.33. The van der Waals surface area contributed by atoms with Crippen molar-refractivity contribution in [3.63, 3.8) is 0 Å². The lowest BCUT2D eigenvalue weighted by Gasteiger charge is -2.20. The molecule has 0 spiro atoms. The fraction of sp³-hybridized carbons (Fsp3) is 0.222. The largest absolute Gasteiger partial charge is 0.486 e. The summed E-state index contributed by atoms with van der Waals surface area (Å²) in [5.41, 5.74) is 0.00413. The molecule has 0 amide bonds. The van der Waals surface area contributed by atoms with E-state index in [1.54, 1.807) is 12.1 Å². The molecule has 2 aromatic carbocycles. The molecule has 0 fully saturated rings. The average molecular weight is 412 g/mol. The Morgan fingerprint density at radius 3 is 2.57 bits per heavy atom. The highest BCUT2D eigenvalue weighted by molar-refractivity contribution is 6.33. The third-order valence-corrected chi connectivity index (χ3v) is 4.29. The van der Waals surface area contributed by atoms with Gasteiger partial charge in [0.05, 0.1) is 22.8 Å². The zero-order valence-electron chi connectivity index (χ0n) is 14.2. The number of benzene rings is 2. The first-order valence-corrected chi connectivity index (χ1v) is 8.61. The third-order valence-electron chi connectivity index (χ3n) is 3.98. The zero-order valence-corrected chi connectivity index (χ0v) is 15.0. The highest BCUT2D eigenvalue weighted by atomic mass is 35.5. The standard InChI is InChI=1S/C18H13ClF3N3O3/c19-12-7-14-15(27-5-4-26-14)8-13(12)23-9-16-24-17(25-28-16)10-2-1-3-11(6-10)18(20,21)22/h1-3,6-8,23H,4-5,9H2. The smallest absolute Gasteiger partial charge is 0.416 e. The first kappa shape index (κ1) is 18.4. The van der Waals surface area contributed by atoms with Crippen molar-refractivity contribution in [3.05, 3.63) is 52.9 Å². The van der Waals surface area contributed by atoms with Crippen LogP contribution in [0.1, 0.15) is 11.5 Å². The number of nitrogens with zero attached hydrogens (tertiary/aromatic N) is 2. The molecule has 0 saturated carbocycles. The van der Waals surface area contributed by atoms with Gasteiger partial charge in [-0.15, -0.1) is 0 Å². The van der Waals surface area contributed by atoms with E-state index in [1.165, 1.54) is 12.1 Å². The minimum atomic E-state index is -4.45. The summed E-state index contributed by atoms with van der Waals surface area (Å²) in [7, 11) is 0. The quantitative estimate of drug-likeness (QED) is 0.665. The molecular weight excluding hydrogens is 399 g/mol. The Morgan fingerprint density at radius 1 is 1.07 bits per heavy atom. The normalized spacial score (nSPS) is 13.4. The summed E-state index contributed by atoms with van der Waals surface area (Å²) >= 11 is 6.22. The van der Waals surface area contributed by atoms with Crippen LogP contribution in [-0.2, 0) is 12.7 Å². The Morgan fingerprint density at radius 2 is 1.82 bits per heavy atom. The number of aromatic nitrogens is 2. The summed E-state index contributed by atoms with van der Waals surface area (Å²) < 4.78 is 54.6. The molecule has 10 heteroatoms. The summed E-state index contributed by atoms with van der Waals surface area (Å²) in [5, 5.41) is 7.20. The van der Waals surface area contributed by atoms with E-state index in [0.29, 0.717) is 35.4 Å². The number of hydrogen-bond donors (Lipinski definition) is 1. The number of alkyl halides is 3. The molecule has 2 heterocycles. The highest BCUT2D eigenvalue weighted by Gasteiger charge is 2.30. The predicted octanol–water partition coefficient (Wildman–Crippen LogP) is 4.79. The molecule has 0 unspecified atom stereocenters. The lowest BCUT2D eigenvalue weighted by Crippen LogP contribution is -2.15. The van der Waals surface area contributed by atoms with E-state index in [4.69, 9.17) is 25.6 Å². The fourth-order valence-electron chi connectivity index (χ4n) is 2.65. The van der Waals surface area contributed by atoms with Crippen LogP contribution in [0.4, 0.5) is 18.9 Å². The molecule has 4 rings (SSSR count). The van der Waals surface area contributed by atoms with Gasteiger partial charge in [0.25, 0.3) is 0 Å². The second kappa shape index (κ2) is 7.23. The van der Waals surface area contributed by atoms with Gasteiger partial charge in [-0.1, -0.05) is 28.9 Å². The van der Waals surface area contributed by atoms with Gasteiger partial charge >= 0.3 is 6.18 Å². The Bertz CT molecular complexity index is 1010. The summed E-state index contributed by atoms with van der Waals surface area (Å²) in [4.78, 5) is 4.13. The first-order valence-electron chi connectivity index (χ1n) is 8.23. The van der Waals surface area contributed by atoms with Crippen molar-refractivity contribution in [2.45, 2.75) is 12.7 Å². The number of ether oxygens (including phenoxy) is 2. The SMILES string of the molecule is FC(F)(F)c1cccc(-c2noc(CNc3cc4c(cc3Cl)OCCO4)n2)c1. The maximum absolute atomic E-state index is 12.8. The molecular formula is C18H13ClF3N3O3. The lowest BCUT2D eigenvalue weighted by atomic mass is 10.1. The molecule has 0 atom stereocenters. The molecule has 1 N–H and O–H groups in total. The van der Waals surface area contributed by atoms with E-state index in [-0.39, 0.29) is 23.8 Å². The topological polar surface area (TPSA) is 69.4 Å². The van der Waals surface area contributed by atoms with E-state index in [9.17, 15) is 13.2 Å². The maximum Gasteiger partial charge on any atom is 0.416 e. The minimum Gasteiger partial charge on any atom is -0.486 e. The first-order chi connectivity index (χ1) is 13.4. The van der Waals surface area contributed by atoms with E-state index in [0.717, 1.165) is 12.1 Å². The van der Waals surface area contributed by atoms with Gasteiger partial charge in [-0.2, -0.15) is 18.2 Å². The van der Waals surface area contributed by atoms with E-state index >= 15 is 0 Å². The number of nitrogens with one attached hydrogen (secondary N) is 1. The summed E-state index contributed by atoms with van der Waals surface area (Å²) in [5.74, 6) is 1.38. The molecule has 1 aliphatic rings. The molecule has 0 radical (unpaired) electrons. The molecule has 28 heavy (non-hydrogen) atoms. The number of rotatable bonds is 4. The van der Waals surface area contributed by atoms with Gasteiger partial charge in [0.1, 0.15) is 13.2 Å². The van der Waals surface area contributed by atoms with Crippen molar-refractivity contribution >= 4 is 17.3 Å². The van der Waals surface area contributed by atoms with Gasteiger partial charge in [0.15, 0.2) is 11.5 Å². The van der Waals surface area contributed by atoms with Crippen molar-refractivity contribution < 1.29 is 27.2 Å². The van der Waals surface area contributed by atoms with Gasteiger partial charge in [-0.3, -0.25) is 0 Å². The maximum atomic E-state index is 12.8. The number of hydrogen-bond acceptors (Lipinski definition) is 6. The lowest BCUT2D eigenvalue weighted by molar-refractivity contribution is -0.137. The zero-order chi connectivity index (χ0) is 19.7. The Labute approximate surface area is 162 Å². The van der Waals surface area contributed by atoms with E-state index < -0.39 is 11.7 Å². The molecule has 0 aliphatic carbocycles. The molecule has 3 aromatic rings. The van der Waals surface area contributed by atoms with Gasteiger partial charge in [-0.05, 0) is 12.1 Å². The van der Waals surface area contributed by atoms with Crippen LogP contribution < -0.4 is 14.8 Å². The Balaban J connectivity index is 1.49. The fourth-order valence-corrected chi connectivity index (χ4v) is 2.87. The van der Waals surface area contributed by atoms with Gasteiger partial charge in [-0.25, -0.2) is 0 Å². The molecule has 1 aliphatic heterocycles. The number of halogens is 4. The van der Waals surface area contributed by atoms with Gasteiger partial charge < -0.3 is 19.3 Å². The van der Waals surface area contributed by atoms with Gasteiger partial charge in [0, 0.05) is 17.7 Å². The minimum absolute atomic E-state index is 0.0659. The molecule has 6 nitrogen and oxygen atoms in total. The third kappa shape index (κ3) is 3.84. The summed E-state index contributed by atoms with van der Waals surface area (Å²) in [6.07, 6.45) is -4.45. The van der Waals surface area contributed by atoms with Crippen molar-refractivity contribution in [1.29, 1.82) is 0 Å². The molecule has 0 saturated heterocycles. The Kier molecular flexibility index (Phi) is 4.76. The van der Waals surface area contributed by atoms with Crippen LogP contribution in [0.25, 0.3) is 11.4 Å². The average Bonchev–Trinajstić information content (AvgIpc) is 3.15. The monoisotopic (exact) mass is 411 g/mol. The van der Waals surface area contributed by atoms with Crippen LogP contribution in [0, 0.1) is 0 Å². The van der Waals surface area contributed by atoms with Crippen LogP contribution in [-0.4, -0.2) is 23.4 Å². The van der Waals surface area contributed by atoms with Crippen molar-refractivity contribution in [3.8, 4) is 22.9 Å². The van der Waals surface area contributed by atoms with Gasteiger partial charge in [0.2, 0.25) is 11.7 Å². The van der Waals surface area contributed by atoms with Crippen molar-refractivity contribution in [1.82, 2.24) is 10.1 Å². The predicted molar refractivity (Wildman–Crippen MR) is 94.5 cm³/mol. The summed E-state index contributed by atoms with van der Waals surface area (Å²) in [6.45, 7) is 1.03. The van der Waals surface area contributed by atoms with E-state index in [1.807, 2.05) is 0 Å². The molecule has 1 aromatic heterocycles. The van der Waals surface area contributed by atoms with Crippen LogP contribution in [0.3, 0.4) is 0 Å². The van der Waals surface area contributed by atoms with Crippen molar-refractivity contribution in [2.75, 3.05) is 18.5 Å². The van der Waals surface area contributed by atoms with Crippen LogP contribution >= 0.6 is 11.6 Å². The summed E-state index contributed by atoms with van der Waals surface area (Å²) in [6, 6.07) is 8.06. The van der Waals surface area contributed by atoms with Crippen LogP contribution in [0.15, 0.2) is 40.9 Å². The number of fused-ring (bicyclic) bond motifs is 1. The molecule has 146 valence electrons. The van der Waals surface area contributed by atoms with E-state index in [2.05, 4.69) is 15.5 Å². The van der Waals surface area contributed by atoms with Crippen molar-refractivity contribution in [2.24, 2.45) is 0 Å².